The average molecular weight is 635 g/mol. The van der Waals surface area contributed by atoms with Gasteiger partial charge in [0.2, 0.25) is 0 Å². The van der Waals surface area contributed by atoms with Gasteiger partial charge < -0.3 is 4.98 Å². The smallest absolute Gasteiger partial charge is 0.304 e. The van der Waals surface area contributed by atoms with Gasteiger partial charge in [0.1, 0.15) is 0 Å². The Morgan fingerprint density at radius 3 is 2.24 bits per heavy atom. The van der Waals surface area contributed by atoms with Crippen LogP contribution >= 0.6 is 0 Å². The molecule has 1 nitrogen and oxygen atoms in total. The molecule has 1 heterocycles. The van der Waals surface area contributed by atoms with E-state index in [-0.39, 0.29) is 36.8 Å². The maximum absolute atomic E-state index is 14.4. The molecule has 0 saturated carbocycles. The number of aromatic nitrogens is 1. The molecule has 0 spiro atoms. The van der Waals surface area contributed by atoms with Gasteiger partial charge in [-0.2, -0.15) is 26.3 Å². The summed E-state index contributed by atoms with van der Waals surface area (Å²) in [6.07, 6.45) is -8.01. The fraction of sp³-hybridized carbons (Fsp3) is 0.160. The summed E-state index contributed by atoms with van der Waals surface area (Å²) in [5, 5.41) is 1.61. The number of hydrogen-bond donors (Lipinski definition) is 0. The number of nitrogens with zero attached hydrogens (tertiary/aromatic N) is 1. The van der Waals surface area contributed by atoms with E-state index in [1.165, 1.54) is 12.1 Å². The summed E-state index contributed by atoms with van der Waals surface area (Å²) in [7, 11) is 0. The summed E-state index contributed by atoms with van der Waals surface area (Å²) in [5.41, 5.74) is -3.08. The molecule has 1 atom stereocenters. The topological polar surface area (TPSA) is 12.9 Å². The molecular formula is C25H14F6IrN-. The third kappa shape index (κ3) is 3.47. The van der Waals surface area contributed by atoms with E-state index in [0.717, 1.165) is 29.8 Å². The Morgan fingerprint density at radius 2 is 1.55 bits per heavy atom. The first kappa shape index (κ1) is 23.5. The van der Waals surface area contributed by atoms with Crippen LogP contribution in [-0.4, -0.2) is 11.2 Å². The number of hydrogen-bond acceptors (Lipinski definition) is 1. The Hall–Kier alpha value is -2.70. The number of fused-ring (bicyclic) bond motifs is 4. The minimum atomic E-state index is -4.82. The van der Waals surface area contributed by atoms with Gasteiger partial charge in [-0.15, -0.1) is 29.3 Å². The quantitative estimate of drug-likeness (QED) is 0.156. The zero-order valence-electron chi connectivity index (χ0n) is 16.9. The molecule has 0 aliphatic heterocycles. The van der Waals surface area contributed by atoms with Crippen LogP contribution < -0.4 is 0 Å². The molecule has 33 heavy (non-hydrogen) atoms. The van der Waals surface area contributed by atoms with Crippen molar-refractivity contribution in [2.45, 2.75) is 24.7 Å². The molecule has 3 aromatic carbocycles. The summed E-state index contributed by atoms with van der Waals surface area (Å²) in [5.74, 6) is 0. The second kappa shape index (κ2) is 7.67. The number of halogens is 6. The molecule has 1 aliphatic carbocycles. The first-order valence-electron chi connectivity index (χ1n) is 9.71. The van der Waals surface area contributed by atoms with E-state index in [2.05, 4.69) is 11.1 Å². The zero-order chi connectivity index (χ0) is 22.9. The minimum Gasteiger partial charge on any atom is -0.304 e. The molecule has 4 aromatic rings. The van der Waals surface area contributed by atoms with Crippen LogP contribution in [0.1, 0.15) is 23.6 Å². The van der Waals surface area contributed by atoms with Crippen LogP contribution in [-0.2, 0) is 31.7 Å². The van der Waals surface area contributed by atoms with Crippen molar-refractivity contribution in [1.29, 1.82) is 0 Å². The average Bonchev–Trinajstić information content (AvgIpc) is 3.01. The minimum absolute atomic E-state index is 0. The summed E-state index contributed by atoms with van der Waals surface area (Å²) in [6.45, 7) is 0.929. The monoisotopic (exact) mass is 635 g/mol. The normalized spacial score (nSPS) is 17.4. The van der Waals surface area contributed by atoms with E-state index in [0.29, 0.717) is 17.3 Å². The predicted octanol–water partition coefficient (Wildman–Crippen LogP) is 7.57. The van der Waals surface area contributed by atoms with Gasteiger partial charge in [0, 0.05) is 26.3 Å². The predicted molar refractivity (Wildman–Crippen MR) is 109 cm³/mol. The van der Waals surface area contributed by atoms with Crippen LogP contribution in [0.5, 0.6) is 0 Å². The van der Waals surface area contributed by atoms with Crippen LogP contribution in [0.15, 0.2) is 66.9 Å². The van der Waals surface area contributed by atoms with Crippen molar-refractivity contribution in [3.8, 4) is 22.4 Å². The van der Waals surface area contributed by atoms with Crippen molar-refractivity contribution in [2.24, 2.45) is 0 Å². The van der Waals surface area contributed by atoms with E-state index >= 15 is 0 Å². The molecule has 1 unspecified atom stereocenters. The van der Waals surface area contributed by atoms with Gasteiger partial charge in [-0.05, 0) is 41.1 Å². The van der Waals surface area contributed by atoms with Crippen LogP contribution in [0.25, 0.3) is 33.2 Å². The molecule has 0 bridgehead atoms. The molecule has 0 fully saturated rings. The van der Waals surface area contributed by atoms with Gasteiger partial charge >= 0.3 is 12.4 Å². The number of rotatable bonds is 1. The fourth-order valence-corrected chi connectivity index (χ4v) is 4.42. The molecule has 0 N–H and O–H groups in total. The molecule has 1 radical (unpaired) electrons. The van der Waals surface area contributed by atoms with Crippen LogP contribution in [0, 0.1) is 6.07 Å². The van der Waals surface area contributed by atoms with E-state index in [4.69, 9.17) is 0 Å². The molecule has 0 saturated heterocycles. The van der Waals surface area contributed by atoms with Crippen molar-refractivity contribution < 1.29 is 46.4 Å². The summed E-state index contributed by atoms with van der Waals surface area (Å²) in [4.78, 5) is 4.35. The van der Waals surface area contributed by atoms with Crippen molar-refractivity contribution in [3.05, 3.63) is 89.6 Å². The first-order valence-corrected chi connectivity index (χ1v) is 9.71. The summed E-state index contributed by atoms with van der Waals surface area (Å²) < 4.78 is 83.0. The van der Waals surface area contributed by atoms with Gasteiger partial charge in [-0.3, -0.25) is 0 Å². The number of pyridine rings is 1. The van der Waals surface area contributed by atoms with Gasteiger partial charge in [0.25, 0.3) is 0 Å². The van der Waals surface area contributed by atoms with E-state index < -0.39 is 28.9 Å². The van der Waals surface area contributed by atoms with Gasteiger partial charge in [0.15, 0.2) is 0 Å². The SMILES string of the molecule is CC1(C(F)(F)F)c2cc(-c3nccc4ccccc34)[c-]cc2-c2ccc(C(F)(F)F)cc21.[Ir]. The molecule has 5 rings (SSSR count). The van der Waals surface area contributed by atoms with E-state index in [1.807, 2.05) is 18.2 Å². The number of alkyl halides is 6. The fourth-order valence-electron chi connectivity index (χ4n) is 4.42. The molecule has 1 aromatic heterocycles. The van der Waals surface area contributed by atoms with Crippen LogP contribution in [0.4, 0.5) is 26.3 Å². The Balaban J connectivity index is 0.00000259. The molecule has 8 heteroatoms. The van der Waals surface area contributed by atoms with Gasteiger partial charge in [0.05, 0.1) is 11.0 Å². The molecular weight excluding hydrogens is 620 g/mol. The van der Waals surface area contributed by atoms with Crippen LogP contribution in [0.2, 0.25) is 0 Å². The molecule has 171 valence electrons. The van der Waals surface area contributed by atoms with E-state index in [9.17, 15) is 26.3 Å². The standard InChI is InChI=1S/C25H14F6N.Ir/c1-23(25(29,30)31)20-12-15(22-17-5-3-2-4-14(17)10-11-32-22)6-8-18(20)19-9-7-16(13-21(19)23)24(26,27)28;/h2-5,7-13H,1H3;/q-1;. The second-order valence-electron chi connectivity index (χ2n) is 7.94. The van der Waals surface area contributed by atoms with Crippen molar-refractivity contribution >= 4 is 10.8 Å². The maximum atomic E-state index is 14.4. The molecule has 0 amide bonds. The van der Waals surface area contributed by atoms with Gasteiger partial charge in [-0.1, -0.05) is 47.5 Å². The van der Waals surface area contributed by atoms with Crippen molar-refractivity contribution in [1.82, 2.24) is 4.98 Å². The zero-order valence-corrected chi connectivity index (χ0v) is 19.3. The Morgan fingerprint density at radius 1 is 0.848 bits per heavy atom. The van der Waals surface area contributed by atoms with Crippen molar-refractivity contribution in [3.63, 3.8) is 0 Å². The maximum Gasteiger partial charge on any atom is 0.416 e. The second-order valence-corrected chi connectivity index (χ2v) is 7.94. The Bertz CT molecular complexity index is 1370. The molecule has 1 aliphatic rings. The third-order valence-corrected chi connectivity index (χ3v) is 6.16. The summed E-state index contributed by atoms with van der Waals surface area (Å²) in [6, 6.07) is 17.4. The third-order valence-electron chi connectivity index (χ3n) is 6.16. The van der Waals surface area contributed by atoms with Gasteiger partial charge in [-0.25, -0.2) is 0 Å². The first-order chi connectivity index (χ1) is 15.0. The van der Waals surface area contributed by atoms with E-state index in [1.54, 1.807) is 18.3 Å². The Labute approximate surface area is 198 Å². The number of benzene rings is 3. The van der Waals surface area contributed by atoms with Crippen molar-refractivity contribution in [2.75, 3.05) is 0 Å². The van der Waals surface area contributed by atoms with Crippen LogP contribution in [0.3, 0.4) is 0 Å². The summed E-state index contributed by atoms with van der Waals surface area (Å²) >= 11 is 0. The largest absolute Gasteiger partial charge is 0.416 e. The Kier molecular flexibility index (Phi) is 5.45.